The molecule has 0 bridgehead atoms. The Hall–Kier alpha value is -0.830. The summed E-state index contributed by atoms with van der Waals surface area (Å²) in [5.74, 6) is -0.296. The van der Waals surface area contributed by atoms with Crippen LogP contribution >= 0.6 is 0 Å². The molecule has 172 valence electrons. The van der Waals surface area contributed by atoms with E-state index in [2.05, 4.69) is 27.5 Å². The molecule has 0 saturated carbocycles. The molecule has 1 unspecified atom stereocenters. The van der Waals surface area contributed by atoms with Crippen LogP contribution in [0.15, 0.2) is 12.7 Å². The minimum absolute atomic E-state index is 0.296. The molecule has 0 aliphatic rings. The Balaban J connectivity index is 4.02. The van der Waals surface area contributed by atoms with Crippen LogP contribution in [0.25, 0.3) is 0 Å². The molecule has 0 heterocycles. The first-order valence-electron chi connectivity index (χ1n) is 12.7. The number of nitrogens with zero attached hydrogens (tertiary/aromatic N) is 1. The van der Waals surface area contributed by atoms with Gasteiger partial charge in [0.25, 0.3) is 0 Å². The van der Waals surface area contributed by atoms with Crippen LogP contribution in [-0.4, -0.2) is 43.7 Å². The zero-order chi connectivity index (χ0) is 21.6. The topological polar surface area (TPSA) is 26.3 Å². The fraction of sp³-hybridized carbons (Fsp3) is 0.885. The van der Waals surface area contributed by atoms with Crippen LogP contribution in [0.4, 0.5) is 0 Å². The Labute approximate surface area is 182 Å². The van der Waals surface area contributed by atoms with Gasteiger partial charge in [0.05, 0.1) is 20.1 Å². The minimum atomic E-state index is -0.296. The molecule has 0 aromatic heterocycles. The summed E-state index contributed by atoms with van der Waals surface area (Å²) in [6, 6.07) is 0. The number of unbranched alkanes of at least 4 members (excludes halogenated alkanes) is 14. The zero-order valence-corrected chi connectivity index (χ0v) is 20.2. The monoisotopic (exact) mass is 410 g/mol. The quantitative estimate of drug-likeness (QED) is 0.0802. The summed E-state index contributed by atoms with van der Waals surface area (Å²) < 4.78 is 6.31. The highest BCUT2D eigenvalue weighted by molar-refractivity contribution is 5.81. The van der Waals surface area contributed by atoms with E-state index in [1.165, 1.54) is 122 Å². The normalized spacial score (nSPS) is 13.2. The van der Waals surface area contributed by atoms with Gasteiger partial charge in [0.15, 0.2) is 0 Å². The second-order valence-corrected chi connectivity index (χ2v) is 9.11. The Kier molecular flexibility index (Phi) is 19.9. The molecule has 0 amide bonds. The van der Waals surface area contributed by atoms with Gasteiger partial charge in [0, 0.05) is 6.08 Å². The Bertz CT molecular complexity index is 383. The molecule has 0 spiro atoms. The maximum absolute atomic E-state index is 11.4. The summed E-state index contributed by atoms with van der Waals surface area (Å²) >= 11 is 0. The minimum Gasteiger partial charge on any atom is -0.457 e. The summed E-state index contributed by atoms with van der Waals surface area (Å²) in [5.41, 5.74) is 0. The van der Waals surface area contributed by atoms with Crippen molar-refractivity contribution < 1.29 is 14.0 Å². The molecule has 0 radical (unpaired) electrons. The molecule has 3 heteroatoms. The standard InChI is InChI=1S/C26H52NO2/c1-5-8-10-12-14-15-16-17-19-21-23-27(4,24-25-29-26(28)7-3)22-20-18-13-11-9-6-2/h7H,3,5-6,8-25H2,1-2,4H3/q+1. The van der Waals surface area contributed by atoms with Gasteiger partial charge in [-0.25, -0.2) is 4.79 Å². The molecule has 0 fully saturated rings. The molecule has 1 atom stereocenters. The lowest BCUT2D eigenvalue weighted by atomic mass is 10.1. The lowest BCUT2D eigenvalue weighted by Crippen LogP contribution is -2.48. The molecule has 29 heavy (non-hydrogen) atoms. The Morgan fingerprint density at radius 2 is 1.07 bits per heavy atom. The number of carbonyl (C=O) groups excluding carboxylic acids is 1. The van der Waals surface area contributed by atoms with Crippen molar-refractivity contribution in [1.82, 2.24) is 0 Å². The number of quaternary nitrogens is 1. The first-order chi connectivity index (χ1) is 14.1. The smallest absolute Gasteiger partial charge is 0.330 e. The van der Waals surface area contributed by atoms with Gasteiger partial charge in [-0.1, -0.05) is 97.5 Å². The van der Waals surface area contributed by atoms with Crippen LogP contribution in [0.2, 0.25) is 0 Å². The van der Waals surface area contributed by atoms with Crippen molar-refractivity contribution in [3.8, 4) is 0 Å². The van der Waals surface area contributed by atoms with E-state index in [0.717, 1.165) is 11.0 Å². The van der Waals surface area contributed by atoms with Gasteiger partial charge in [0.1, 0.15) is 13.2 Å². The van der Waals surface area contributed by atoms with Crippen molar-refractivity contribution in [2.24, 2.45) is 0 Å². The van der Waals surface area contributed by atoms with Crippen LogP contribution in [0.1, 0.15) is 117 Å². The molecule has 0 aliphatic heterocycles. The molecule has 0 aromatic rings. The average Bonchev–Trinajstić information content (AvgIpc) is 2.72. The SMILES string of the molecule is C=CC(=O)OCC[N+](C)(CCCCCCCC)CCCCCCCCCCCC. The third-order valence-corrected chi connectivity index (χ3v) is 6.15. The third-order valence-electron chi connectivity index (χ3n) is 6.15. The van der Waals surface area contributed by atoms with Gasteiger partial charge in [-0.3, -0.25) is 0 Å². The number of hydrogen-bond acceptors (Lipinski definition) is 2. The number of carbonyl (C=O) groups is 1. The van der Waals surface area contributed by atoms with Crippen molar-refractivity contribution in [3.63, 3.8) is 0 Å². The number of ether oxygens (including phenoxy) is 1. The van der Waals surface area contributed by atoms with Crippen LogP contribution in [0, 0.1) is 0 Å². The van der Waals surface area contributed by atoms with E-state index >= 15 is 0 Å². The summed E-state index contributed by atoms with van der Waals surface area (Å²) in [4.78, 5) is 11.4. The number of esters is 1. The van der Waals surface area contributed by atoms with Gasteiger partial charge in [-0.15, -0.1) is 0 Å². The van der Waals surface area contributed by atoms with E-state index in [1.54, 1.807) is 0 Å². The van der Waals surface area contributed by atoms with Crippen LogP contribution < -0.4 is 0 Å². The molecular weight excluding hydrogens is 358 g/mol. The first-order valence-corrected chi connectivity index (χ1v) is 12.7. The summed E-state index contributed by atoms with van der Waals surface area (Å²) in [6.45, 7) is 11.9. The Morgan fingerprint density at radius 3 is 1.45 bits per heavy atom. The van der Waals surface area contributed by atoms with Crippen LogP contribution in [-0.2, 0) is 9.53 Å². The maximum atomic E-state index is 11.4. The van der Waals surface area contributed by atoms with Gasteiger partial charge < -0.3 is 9.22 Å². The first kappa shape index (κ1) is 28.2. The van der Waals surface area contributed by atoms with Crippen LogP contribution in [0.5, 0.6) is 0 Å². The number of rotatable bonds is 22. The second kappa shape index (κ2) is 20.4. The van der Waals surface area contributed by atoms with Gasteiger partial charge in [0.2, 0.25) is 0 Å². The lowest BCUT2D eigenvalue weighted by molar-refractivity contribution is -0.910. The third kappa shape index (κ3) is 18.9. The largest absolute Gasteiger partial charge is 0.457 e. The predicted molar refractivity (Wildman–Crippen MR) is 127 cm³/mol. The fourth-order valence-corrected chi connectivity index (χ4v) is 4.02. The van der Waals surface area contributed by atoms with Crippen molar-refractivity contribution in [2.75, 3.05) is 33.3 Å². The van der Waals surface area contributed by atoms with E-state index in [-0.39, 0.29) is 5.97 Å². The molecule has 0 aliphatic carbocycles. The molecule has 0 saturated heterocycles. The number of likely N-dealkylation sites (N-methyl/N-ethyl adjacent to an activating group) is 1. The average molecular weight is 411 g/mol. The maximum Gasteiger partial charge on any atom is 0.330 e. The van der Waals surface area contributed by atoms with E-state index in [9.17, 15) is 4.79 Å². The zero-order valence-electron chi connectivity index (χ0n) is 20.2. The number of hydrogen-bond donors (Lipinski definition) is 0. The van der Waals surface area contributed by atoms with Crippen molar-refractivity contribution in [2.45, 2.75) is 117 Å². The Morgan fingerprint density at radius 1 is 0.690 bits per heavy atom. The van der Waals surface area contributed by atoms with Crippen molar-refractivity contribution in [1.29, 1.82) is 0 Å². The van der Waals surface area contributed by atoms with Gasteiger partial charge >= 0.3 is 5.97 Å². The van der Waals surface area contributed by atoms with E-state index in [4.69, 9.17) is 4.74 Å². The molecule has 3 nitrogen and oxygen atoms in total. The van der Waals surface area contributed by atoms with Crippen LogP contribution in [0.3, 0.4) is 0 Å². The van der Waals surface area contributed by atoms with Gasteiger partial charge in [-0.05, 0) is 25.7 Å². The van der Waals surface area contributed by atoms with E-state index < -0.39 is 0 Å². The predicted octanol–water partition coefficient (Wildman–Crippen LogP) is 7.44. The molecule has 0 rings (SSSR count). The van der Waals surface area contributed by atoms with E-state index in [1.807, 2.05) is 0 Å². The fourth-order valence-electron chi connectivity index (χ4n) is 4.02. The lowest BCUT2D eigenvalue weighted by Gasteiger charge is -2.34. The van der Waals surface area contributed by atoms with Crippen molar-refractivity contribution in [3.05, 3.63) is 12.7 Å². The second-order valence-electron chi connectivity index (χ2n) is 9.11. The molecule has 0 aromatic carbocycles. The molecular formula is C26H52NO2+. The molecule has 0 N–H and O–H groups in total. The summed E-state index contributed by atoms with van der Waals surface area (Å²) in [6.07, 6.45) is 23.1. The highest BCUT2D eigenvalue weighted by Gasteiger charge is 2.21. The van der Waals surface area contributed by atoms with Crippen molar-refractivity contribution >= 4 is 5.97 Å². The van der Waals surface area contributed by atoms with E-state index in [0.29, 0.717) is 6.61 Å². The van der Waals surface area contributed by atoms with Gasteiger partial charge in [-0.2, -0.15) is 0 Å². The summed E-state index contributed by atoms with van der Waals surface area (Å²) in [5, 5.41) is 0. The highest BCUT2D eigenvalue weighted by atomic mass is 16.5. The summed E-state index contributed by atoms with van der Waals surface area (Å²) in [7, 11) is 2.35. The highest BCUT2D eigenvalue weighted by Crippen LogP contribution is 2.14.